The van der Waals surface area contributed by atoms with Crippen LogP contribution in [0.25, 0.3) is 0 Å². The smallest absolute Gasteiger partial charge is 0.261 e. The summed E-state index contributed by atoms with van der Waals surface area (Å²) in [5.74, 6) is 1.38. The van der Waals surface area contributed by atoms with Crippen LogP contribution in [0.3, 0.4) is 0 Å². The molecule has 1 aliphatic heterocycles. The molecule has 0 aromatic heterocycles. The standard InChI is InChI=1S/C22H28N2O5S/c1-15(2)13-28-18-8-6-17(7-9-18)23-30(26,27)19-10-11-21-20(12-19)24(16(3)25)14-22(4,5)29-21/h6-12,15,23H,13-14H2,1-5H3. The average Bonchev–Trinajstić information content (AvgIpc) is 2.65. The lowest BCUT2D eigenvalue weighted by Gasteiger charge is -2.39. The van der Waals surface area contributed by atoms with Gasteiger partial charge in [-0.15, -0.1) is 0 Å². The summed E-state index contributed by atoms with van der Waals surface area (Å²) in [4.78, 5) is 13.7. The lowest BCUT2D eigenvalue weighted by atomic mass is 10.1. The SMILES string of the molecule is CC(=O)N1CC(C)(C)Oc2ccc(S(=O)(=O)Nc3ccc(OCC(C)C)cc3)cc21. The molecule has 1 N–H and O–H groups in total. The Kier molecular flexibility index (Phi) is 5.99. The van der Waals surface area contributed by atoms with Gasteiger partial charge in [-0.25, -0.2) is 8.42 Å². The molecule has 0 saturated heterocycles. The molecule has 0 fully saturated rings. The molecule has 0 aliphatic carbocycles. The van der Waals surface area contributed by atoms with Crippen LogP contribution >= 0.6 is 0 Å². The van der Waals surface area contributed by atoms with Crippen LogP contribution in [0.1, 0.15) is 34.6 Å². The van der Waals surface area contributed by atoms with Crippen molar-refractivity contribution in [3.63, 3.8) is 0 Å². The summed E-state index contributed by atoms with van der Waals surface area (Å²) < 4.78 is 39.9. The van der Waals surface area contributed by atoms with E-state index in [2.05, 4.69) is 18.6 Å². The Morgan fingerprint density at radius 2 is 1.87 bits per heavy atom. The van der Waals surface area contributed by atoms with E-state index in [-0.39, 0.29) is 10.8 Å². The van der Waals surface area contributed by atoms with Gasteiger partial charge in [-0.05, 0) is 62.2 Å². The van der Waals surface area contributed by atoms with E-state index in [1.807, 2.05) is 13.8 Å². The molecule has 3 rings (SSSR count). The normalized spacial score (nSPS) is 15.3. The lowest BCUT2D eigenvalue weighted by molar-refractivity contribution is -0.117. The largest absolute Gasteiger partial charge is 0.493 e. The first-order valence-corrected chi connectivity index (χ1v) is 11.3. The molecule has 0 bridgehead atoms. The molecule has 1 amide bonds. The van der Waals surface area contributed by atoms with Crippen molar-refractivity contribution in [1.82, 2.24) is 0 Å². The highest BCUT2D eigenvalue weighted by molar-refractivity contribution is 7.92. The van der Waals surface area contributed by atoms with Crippen LogP contribution in [0.5, 0.6) is 11.5 Å². The van der Waals surface area contributed by atoms with E-state index in [9.17, 15) is 13.2 Å². The summed E-state index contributed by atoms with van der Waals surface area (Å²) in [6.45, 7) is 10.3. The van der Waals surface area contributed by atoms with E-state index in [1.165, 1.54) is 19.1 Å². The molecule has 30 heavy (non-hydrogen) atoms. The summed E-state index contributed by atoms with van der Waals surface area (Å²) in [5.41, 5.74) is 0.309. The summed E-state index contributed by atoms with van der Waals surface area (Å²) in [7, 11) is -3.85. The molecule has 2 aromatic carbocycles. The van der Waals surface area contributed by atoms with Gasteiger partial charge in [0.05, 0.1) is 23.7 Å². The number of fused-ring (bicyclic) bond motifs is 1. The zero-order valence-electron chi connectivity index (χ0n) is 17.9. The van der Waals surface area contributed by atoms with Crippen molar-refractivity contribution in [3.8, 4) is 11.5 Å². The second kappa shape index (κ2) is 8.18. The van der Waals surface area contributed by atoms with E-state index < -0.39 is 15.6 Å². The van der Waals surface area contributed by atoms with Crippen LogP contribution in [0.15, 0.2) is 47.4 Å². The summed E-state index contributed by atoms with van der Waals surface area (Å²) in [6, 6.07) is 11.3. The zero-order valence-corrected chi connectivity index (χ0v) is 18.7. The molecule has 0 saturated carbocycles. The fourth-order valence-electron chi connectivity index (χ4n) is 3.13. The van der Waals surface area contributed by atoms with Gasteiger partial charge in [0.25, 0.3) is 10.0 Å². The monoisotopic (exact) mass is 432 g/mol. The molecule has 0 radical (unpaired) electrons. The third-order valence-electron chi connectivity index (χ3n) is 4.53. The quantitative estimate of drug-likeness (QED) is 0.744. The Hall–Kier alpha value is -2.74. The molecular formula is C22H28N2O5S. The fourth-order valence-corrected chi connectivity index (χ4v) is 4.21. The van der Waals surface area contributed by atoms with Crippen molar-refractivity contribution in [2.24, 2.45) is 5.92 Å². The highest BCUT2D eigenvalue weighted by Crippen LogP contribution is 2.38. The van der Waals surface area contributed by atoms with Crippen LogP contribution in [0.4, 0.5) is 11.4 Å². The van der Waals surface area contributed by atoms with E-state index >= 15 is 0 Å². The number of nitrogens with one attached hydrogen (secondary N) is 1. The minimum atomic E-state index is -3.85. The van der Waals surface area contributed by atoms with Crippen LogP contribution in [-0.4, -0.2) is 33.1 Å². The van der Waals surface area contributed by atoms with Gasteiger partial charge in [0.2, 0.25) is 5.91 Å². The number of amides is 1. The van der Waals surface area contributed by atoms with Gasteiger partial charge in [0, 0.05) is 12.6 Å². The number of rotatable bonds is 6. The van der Waals surface area contributed by atoms with Crippen LogP contribution in [-0.2, 0) is 14.8 Å². The molecule has 1 heterocycles. The summed E-state index contributed by atoms with van der Waals surface area (Å²) >= 11 is 0. The van der Waals surface area contributed by atoms with Crippen molar-refractivity contribution < 1.29 is 22.7 Å². The topological polar surface area (TPSA) is 84.9 Å². The predicted octanol–water partition coefficient (Wildman–Crippen LogP) is 4.05. The Labute approximate surface area is 178 Å². The Balaban J connectivity index is 1.83. The second-order valence-corrected chi connectivity index (χ2v) is 10.1. The van der Waals surface area contributed by atoms with Gasteiger partial charge in [0.15, 0.2) is 0 Å². The third kappa shape index (κ3) is 5.05. The van der Waals surface area contributed by atoms with Gasteiger partial charge in [-0.1, -0.05) is 13.8 Å². The molecule has 8 heteroatoms. The molecule has 0 atom stereocenters. The maximum Gasteiger partial charge on any atom is 0.261 e. The first-order valence-electron chi connectivity index (χ1n) is 9.84. The first-order chi connectivity index (χ1) is 14.0. The Bertz CT molecular complexity index is 1030. The minimum absolute atomic E-state index is 0.0518. The van der Waals surface area contributed by atoms with E-state index in [1.54, 1.807) is 35.2 Å². The molecular weight excluding hydrogens is 404 g/mol. The highest BCUT2D eigenvalue weighted by Gasteiger charge is 2.34. The summed E-state index contributed by atoms with van der Waals surface area (Å²) in [6.07, 6.45) is 0. The van der Waals surface area contributed by atoms with Gasteiger partial charge in [-0.2, -0.15) is 0 Å². The van der Waals surface area contributed by atoms with E-state index in [0.717, 1.165) is 0 Å². The molecule has 2 aromatic rings. The molecule has 7 nitrogen and oxygen atoms in total. The van der Waals surface area contributed by atoms with Crippen LogP contribution in [0, 0.1) is 5.92 Å². The van der Waals surface area contributed by atoms with Crippen LogP contribution in [0.2, 0.25) is 0 Å². The summed E-state index contributed by atoms with van der Waals surface area (Å²) in [5, 5.41) is 0. The van der Waals surface area contributed by atoms with Crippen molar-refractivity contribution in [1.29, 1.82) is 0 Å². The zero-order chi connectivity index (χ0) is 22.1. The third-order valence-corrected chi connectivity index (χ3v) is 5.91. The number of hydrogen-bond donors (Lipinski definition) is 1. The number of carbonyl (C=O) groups is 1. The number of benzene rings is 2. The highest BCUT2D eigenvalue weighted by atomic mass is 32.2. The second-order valence-electron chi connectivity index (χ2n) is 8.43. The van der Waals surface area contributed by atoms with Gasteiger partial charge < -0.3 is 14.4 Å². The van der Waals surface area contributed by atoms with Gasteiger partial charge in [0.1, 0.15) is 17.1 Å². The molecule has 0 unspecified atom stereocenters. The van der Waals surface area contributed by atoms with E-state index in [4.69, 9.17) is 9.47 Å². The van der Waals surface area contributed by atoms with Gasteiger partial charge in [-0.3, -0.25) is 9.52 Å². The lowest BCUT2D eigenvalue weighted by Crippen LogP contribution is -2.48. The van der Waals surface area contributed by atoms with Crippen molar-refractivity contribution in [3.05, 3.63) is 42.5 Å². The number of ether oxygens (including phenoxy) is 2. The van der Waals surface area contributed by atoms with Crippen LogP contribution < -0.4 is 19.1 Å². The average molecular weight is 433 g/mol. The van der Waals surface area contributed by atoms with Gasteiger partial charge >= 0.3 is 0 Å². The number of carbonyl (C=O) groups excluding carboxylic acids is 1. The first kappa shape index (κ1) is 22.0. The van der Waals surface area contributed by atoms with Crippen molar-refractivity contribution in [2.75, 3.05) is 22.8 Å². The molecule has 162 valence electrons. The minimum Gasteiger partial charge on any atom is -0.493 e. The predicted molar refractivity (Wildman–Crippen MR) is 117 cm³/mol. The number of anilines is 2. The maximum atomic E-state index is 12.9. The Morgan fingerprint density at radius 3 is 2.47 bits per heavy atom. The number of hydrogen-bond acceptors (Lipinski definition) is 5. The Morgan fingerprint density at radius 1 is 1.20 bits per heavy atom. The van der Waals surface area contributed by atoms with E-state index in [0.29, 0.717) is 41.9 Å². The van der Waals surface area contributed by atoms with Crippen molar-refractivity contribution >= 4 is 27.3 Å². The maximum absolute atomic E-state index is 12.9. The molecule has 0 spiro atoms. The molecule has 1 aliphatic rings. The fraction of sp³-hybridized carbons (Fsp3) is 0.409. The number of nitrogens with zero attached hydrogens (tertiary/aromatic N) is 1. The van der Waals surface area contributed by atoms with Crippen molar-refractivity contribution in [2.45, 2.75) is 45.1 Å². The number of sulfonamides is 1.